The van der Waals surface area contributed by atoms with E-state index in [0.717, 1.165) is 31.6 Å². The third-order valence-corrected chi connectivity index (χ3v) is 4.70. The molecular formula is C15H28O. The molecule has 1 aliphatic carbocycles. The number of hydrogen-bond donors (Lipinski definition) is 0. The van der Waals surface area contributed by atoms with Gasteiger partial charge in [-0.1, -0.05) is 34.1 Å². The van der Waals surface area contributed by atoms with Gasteiger partial charge >= 0.3 is 0 Å². The zero-order valence-corrected chi connectivity index (χ0v) is 11.5. The molecule has 0 aromatic rings. The number of carbonyl (C=O) groups excluding carboxylic acids is 1. The van der Waals surface area contributed by atoms with Gasteiger partial charge in [0.15, 0.2) is 0 Å². The molecule has 0 spiro atoms. The highest BCUT2D eigenvalue weighted by molar-refractivity contribution is 5.80. The zero-order valence-electron chi connectivity index (χ0n) is 11.5. The molecule has 0 aromatic heterocycles. The van der Waals surface area contributed by atoms with Gasteiger partial charge in [-0.3, -0.25) is 4.79 Å². The van der Waals surface area contributed by atoms with Crippen molar-refractivity contribution in [2.75, 3.05) is 0 Å². The minimum Gasteiger partial charge on any atom is -0.299 e. The van der Waals surface area contributed by atoms with Crippen LogP contribution in [0.3, 0.4) is 0 Å². The Balaban J connectivity index is 2.42. The fourth-order valence-electron chi connectivity index (χ4n) is 2.94. The van der Waals surface area contributed by atoms with Crippen molar-refractivity contribution in [3.63, 3.8) is 0 Å². The molecule has 0 radical (unpaired) electrons. The van der Waals surface area contributed by atoms with E-state index >= 15 is 0 Å². The van der Waals surface area contributed by atoms with Crippen molar-refractivity contribution in [2.24, 2.45) is 17.3 Å². The van der Waals surface area contributed by atoms with Crippen LogP contribution in [-0.2, 0) is 4.79 Å². The molecule has 0 heterocycles. The van der Waals surface area contributed by atoms with Gasteiger partial charge in [-0.2, -0.15) is 0 Å². The Hall–Kier alpha value is -0.330. The summed E-state index contributed by atoms with van der Waals surface area (Å²) in [5.41, 5.74) is 0.471. The van der Waals surface area contributed by atoms with Gasteiger partial charge in [-0.05, 0) is 43.4 Å². The van der Waals surface area contributed by atoms with Crippen LogP contribution in [0.5, 0.6) is 0 Å². The van der Waals surface area contributed by atoms with E-state index in [-0.39, 0.29) is 0 Å². The second kappa shape index (κ2) is 5.84. The van der Waals surface area contributed by atoms with E-state index in [0.29, 0.717) is 17.1 Å². The predicted molar refractivity (Wildman–Crippen MR) is 69.4 cm³/mol. The Kier molecular flexibility index (Phi) is 5.01. The van der Waals surface area contributed by atoms with Gasteiger partial charge < -0.3 is 0 Å². The van der Waals surface area contributed by atoms with Crippen LogP contribution in [0.2, 0.25) is 0 Å². The molecule has 0 amide bonds. The quantitative estimate of drug-likeness (QED) is 0.667. The lowest BCUT2D eigenvalue weighted by Gasteiger charge is -2.38. The third-order valence-electron chi connectivity index (χ3n) is 4.70. The first-order valence-corrected chi connectivity index (χ1v) is 7.04. The van der Waals surface area contributed by atoms with Crippen LogP contribution in [0, 0.1) is 17.3 Å². The van der Waals surface area contributed by atoms with Gasteiger partial charge in [0.05, 0.1) is 0 Å². The van der Waals surface area contributed by atoms with E-state index in [2.05, 4.69) is 27.7 Å². The standard InChI is InChI=1S/C15H28O/c1-5-7-14(16)12-8-10-13(11-9-12)15(3,4)6-2/h12-13H,5-11H2,1-4H3. The number of ketones is 1. The molecule has 16 heavy (non-hydrogen) atoms. The minimum absolute atomic E-state index is 0.392. The first kappa shape index (κ1) is 13.7. The van der Waals surface area contributed by atoms with Gasteiger partial charge in [0, 0.05) is 12.3 Å². The SMILES string of the molecule is CCCC(=O)C1CCC(C(C)(C)CC)CC1. The second-order valence-electron chi connectivity index (χ2n) is 6.11. The van der Waals surface area contributed by atoms with Gasteiger partial charge in [0.1, 0.15) is 5.78 Å². The first-order chi connectivity index (χ1) is 7.51. The number of Topliss-reactive ketones (excluding diaryl/α,β-unsaturated/α-hetero) is 1. The van der Waals surface area contributed by atoms with Crippen LogP contribution in [-0.4, -0.2) is 5.78 Å². The summed E-state index contributed by atoms with van der Waals surface area (Å²) in [5.74, 6) is 1.75. The Morgan fingerprint density at radius 3 is 2.12 bits per heavy atom. The van der Waals surface area contributed by atoms with Crippen molar-refractivity contribution < 1.29 is 4.79 Å². The molecule has 1 heteroatoms. The predicted octanol–water partition coefficient (Wildman–Crippen LogP) is 4.60. The summed E-state index contributed by atoms with van der Waals surface area (Å²) in [6.07, 6.45) is 7.89. The molecule has 0 aromatic carbocycles. The van der Waals surface area contributed by atoms with Crippen LogP contribution in [0.1, 0.15) is 72.6 Å². The normalized spacial score (nSPS) is 26.8. The van der Waals surface area contributed by atoms with Crippen molar-refractivity contribution in [1.29, 1.82) is 0 Å². The van der Waals surface area contributed by atoms with Crippen LogP contribution in [0.4, 0.5) is 0 Å². The summed E-state index contributed by atoms with van der Waals surface area (Å²) in [4.78, 5) is 11.8. The molecule has 1 saturated carbocycles. The number of rotatable bonds is 5. The lowest BCUT2D eigenvalue weighted by molar-refractivity contribution is -0.124. The molecule has 0 saturated heterocycles. The fraction of sp³-hybridized carbons (Fsp3) is 0.933. The topological polar surface area (TPSA) is 17.1 Å². The van der Waals surface area contributed by atoms with Crippen LogP contribution in [0.15, 0.2) is 0 Å². The van der Waals surface area contributed by atoms with Crippen molar-refractivity contribution in [1.82, 2.24) is 0 Å². The summed E-state index contributed by atoms with van der Waals surface area (Å²) in [7, 11) is 0. The van der Waals surface area contributed by atoms with E-state index in [1.165, 1.54) is 19.3 Å². The number of carbonyl (C=O) groups is 1. The molecule has 1 fully saturated rings. The van der Waals surface area contributed by atoms with Gasteiger partial charge in [0.2, 0.25) is 0 Å². The highest BCUT2D eigenvalue weighted by atomic mass is 16.1. The molecule has 94 valence electrons. The smallest absolute Gasteiger partial charge is 0.135 e. The van der Waals surface area contributed by atoms with Crippen LogP contribution in [0.25, 0.3) is 0 Å². The van der Waals surface area contributed by atoms with E-state index in [4.69, 9.17) is 0 Å². The molecular weight excluding hydrogens is 196 g/mol. The van der Waals surface area contributed by atoms with E-state index in [9.17, 15) is 4.79 Å². The maximum Gasteiger partial charge on any atom is 0.135 e. The van der Waals surface area contributed by atoms with E-state index in [1.54, 1.807) is 0 Å². The highest BCUT2D eigenvalue weighted by Gasteiger charge is 2.33. The summed E-state index contributed by atoms with van der Waals surface area (Å²) in [6, 6.07) is 0. The summed E-state index contributed by atoms with van der Waals surface area (Å²) < 4.78 is 0. The Labute approximate surface area is 101 Å². The lowest BCUT2D eigenvalue weighted by Crippen LogP contribution is -2.30. The Morgan fingerprint density at radius 2 is 1.69 bits per heavy atom. The molecule has 0 aliphatic heterocycles. The summed E-state index contributed by atoms with van der Waals surface area (Å²) >= 11 is 0. The Bertz CT molecular complexity index is 222. The van der Waals surface area contributed by atoms with Crippen molar-refractivity contribution in [3.05, 3.63) is 0 Å². The number of hydrogen-bond acceptors (Lipinski definition) is 1. The largest absolute Gasteiger partial charge is 0.299 e. The van der Waals surface area contributed by atoms with Crippen LogP contribution < -0.4 is 0 Å². The Morgan fingerprint density at radius 1 is 1.12 bits per heavy atom. The third kappa shape index (κ3) is 3.33. The lowest BCUT2D eigenvalue weighted by atomic mass is 9.67. The molecule has 1 aliphatic rings. The summed E-state index contributed by atoms with van der Waals surface area (Å²) in [6.45, 7) is 9.15. The molecule has 0 N–H and O–H groups in total. The van der Waals surface area contributed by atoms with Gasteiger partial charge in [-0.15, -0.1) is 0 Å². The molecule has 0 unspecified atom stereocenters. The van der Waals surface area contributed by atoms with Crippen LogP contribution >= 0.6 is 0 Å². The molecule has 0 bridgehead atoms. The monoisotopic (exact) mass is 224 g/mol. The summed E-state index contributed by atoms with van der Waals surface area (Å²) in [5, 5.41) is 0. The highest BCUT2D eigenvalue weighted by Crippen LogP contribution is 2.42. The minimum atomic E-state index is 0.392. The van der Waals surface area contributed by atoms with Gasteiger partial charge in [-0.25, -0.2) is 0 Å². The fourth-order valence-corrected chi connectivity index (χ4v) is 2.94. The van der Waals surface area contributed by atoms with Crippen molar-refractivity contribution in [2.45, 2.75) is 72.6 Å². The maximum absolute atomic E-state index is 11.8. The zero-order chi connectivity index (χ0) is 12.2. The molecule has 1 nitrogen and oxygen atoms in total. The van der Waals surface area contributed by atoms with Crippen molar-refractivity contribution in [3.8, 4) is 0 Å². The maximum atomic E-state index is 11.8. The average Bonchev–Trinajstić information content (AvgIpc) is 2.29. The van der Waals surface area contributed by atoms with Crippen molar-refractivity contribution >= 4 is 5.78 Å². The average molecular weight is 224 g/mol. The molecule has 1 rings (SSSR count). The van der Waals surface area contributed by atoms with Gasteiger partial charge in [0.25, 0.3) is 0 Å². The first-order valence-electron chi connectivity index (χ1n) is 7.04. The molecule has 0 atom stereocenters. The van der Waals surface area contributed by atoms with E-state index in [1.807, 2.05) is 0 Å². The second-order valence-corrected chi connectivity index (χ2v) is 6.11. The van der Waals surface area contributed by atoms with E-state index < -0.39 is 0 Å².